The van der Waals surface area contributed by atoms with Crippen molar-refractivity contribution in [3.63, 3.8) is 0 Å². The van der Waals surface area contributed by atoms with E-state index < -0.39 is 17.6 Å². The van der Waals surface area contributed by atoms with Crippen molar-refractivity contribution < 1.29 is 22.7 Å². The van der Waals surface area contributed by atoms with Gasteiger partial charge in [0.05, 0.1) is 37.3 Å². The number of hydrogen-bond donors (Lipinski definition) is 1. The molecule has 29 heavy (non-hydrogen) atoms. The van der Waals surface area contributed by atoms with Gasteiger partial charge < -0.3 is 15.0 Å². The summed E-state index contributed by atoms with van der Waals surface area (Å²) in [6.07, 6.45) is -1.48. The number of carbonyl (C=O) groups excluding carboxylic acids is 1. The van der Waals surface area contributed by atoms with Gasteiger partial charge in [0, 0.05) is 31.2 Å². The van der Waals surface area contributed by atoms with Gasteiger partial charge in [0.15, 0.2) is 5.82 Å². The van der Waals surface area contributed by atoms with Crippen LogP contribution in [-0.2, 0) is 11.0 Å². The molecule has 0 saturated carbocycles. The summed E-state index contributed by atoms with van der Waals surface area (Å²) in [5.41, 5.74) is -1.28. The first-order chi connectivity index (χ1) is 13.8. The monoisotopic (exact) mass is 429 g/mol. The van der Waals surface area contributed by atoms with Crippen LogP contribution in [0.4, 0.5) is 24.7 Å². The molecular formula is C18H19ClF3N5O2. The topological polar surface area (TPSA) is 70.6 Å². The maximum Gasteiger partial charge on any atom is 0.418 e. The number of nitrogens with zero attached hydrogens (tertiary/aromatic N) is 4. The molecule has 3 rings (SSSR count). The maximum atomic E-state index is 13.1. The van der Waals surface area contributed by atoms with Gasteiger partial charge in [-0.1, -0.05) is 11.6 Å². The van der Waals surface area contributed by atoms with Crippen LogP contribution in [0.25, 0.3) is 0 Å². The number of nitrogens with one attached hydrogen (secondary N) is 1. The number of hydrogen-bond acceptors (Lipinski definition) is 6. The second-order valence-electron chi connectivity index (χ2n) is 6.42. The van der Waals surface area contributed by atoms with Crippen LogP contribution in [0.15, 0.2) is 30.6 Å². The van der Waals surface area contributed by atoms with Crippen molar-refractivity contribution in [1.29, 1.82) is 0 Å². The van der Waals surface area contributed by atoms with Crippen LogP contribution in [0, 0.1) is 0 Å². The standard InChI is InChI=1S/C18H19ClF3N5O2/c1-29-17-10-23-9-15(25-17)27-6-4-26(5-7-27)11-16(28)24-14-3-2-12(19)8-13(14)18(20,21)22/h2-3,8-10H,4-7,11H2,1H3,(H,24,28). The van der Waals surface area contributed by atoms with Crippen LogP contribution in [0.5, 0.6) is 5.88 Å². The summed E-state index contributed by atoms with van der Waals surface area (Å²) in [6, 6.07) is 3.26. The average molecular weight is 430 g/mol. The molecule has 7 nitrogen and oxygen atoms in total. The van der Waals surface area contributed by atoms with E-state index in [1.54, 1.807) is 6.20 Å². The lowest BCUT2D eigenvalue weighted by Gasteiger charge is -2.34. The van der Waals surface area contributed by atoms with Gasteiger partial charge in [-0.15, -0.1) is 0 Å². The summed E-state index contributed by atoms with van der Waals surface area (Å²) in [6.45, 7) is 2.30. The van der Waals surface area contributed by atoms with Crippen molar-refractivity contribution >= 4 is 29.0 Å². The van der Waals surface area contributed by atoms with Crippen molar-refractivity contribution in [2.75, 3.05) is 50.1 Å². The quantitative estimate of drug-likeness (QED) is 0.788. The molecule has 1 fully saturated rings. The lowest BCUT2D eigenvalue weighted by molar-refractivity contribution is -0.137. The third-order valence-corrected chi connectivity index (χ3v) is 4.67. The zero-order valence-corrected chi connectivity index (χ0v) is 16.3. The van der Waals surface area contributed by atoms with Crippen LogP contribution in [0.2, 0.25) is 5.02 Å². The molecule has 1 aliphatic rings. The molecular weight excluding hydrogens is 411 g/mol. The molecule has 2 heterocycles. The van der Waals surface area contributed by atoms with Gasteiger partial charge >= 0.3 is 6.18 Å². The molecule has 1 amide bonds. The minimum atomic E-state index is -4.61. The maximum absolute atomic E-state index is 13.1. The second-order valence-corrected chi connectivity index (χ2v) is 6.86. The van der Waals surface area contributed by atoms with Crippen LogP contribution >= 0.6 is 11.6 Å². The van der Waals surface area contributed by atoms with Gasteiger partial charge in [-0.3, -0.25) is 14.7 Å². The van der Waals surface area contributed by atoms with Gasteiger partial charge in [-0.05, 0) is 18.2 Å². The Morgan fingerprint density at radius 2 is 1.97 bits per heavy atom. The Morgan fingerprint density at radius 3 is 2.62 bits per heavy atom. The fourth-order valence-electron chi connectivity index (χ4n) is 2.98. The Labute approximate surface area is 170 Å². The van der Waals surface area contributed by atoms with E-state index in [0.717, 1.165) is 12.1 Å². The highest BCUT2D eigenvalue weighted by atomic mass is 35.5. The van der Waals surface area contributed by atoms with Crippen molar-refractivity contribution in [2.24, 2.45) is 0 Å². The van der Waals surface area contributed by atoms with E-state index in [2.05, 4.69) is 15.3 Å². The van der Waals surface area contributed by atoms with E-state index in [-0.39, 0.29) is 17.3 Å². The number of halogens is 4. The molecule has 1 saturated heterocycles. The molecule has 156 valence electrons. The SMILES string of the molecule is COc1cncc(N2CCN(CC(=O)Nc3ccc(Cl)cc3C(F)(F)F)CC2)n1. The lowest BCUT2D eigenvalue weighted by Crippen LogP contribution is -2.49. The van der Waals surface area contributed by atoms with Crippen LogP contribution in [0.1, 0.15) is 5.56 Å². The fourth-order valence-corrected chi connectivity index (χ4v) is 3.15. The highest BCUT2D eigenvalue weighted by molar-refractivity contribution is 6.30. The first kappa shape index (κ1) is 21.1. The average Bonchev–Trinajstić information content (AvgIpc) is 2.69. The van der Waals surface area contributed by atoms with Gasteiger partial charge in [0.25, 0.3) is 0 Å². The van der Waals surface area contributed by atoms with E-state index in [1.165, 1.54) is 19.4 Å². The summed E-state index contributed by atoms with van der Waals surface area (Å²) in [7, 11) is 1.51. The number of rotatable bonds is 5. The van der Waals surface area contributed by atoms with Gasteiger partial charge in [0.1, 0.15) is 0 Å². The van der Waals surface area contributed by atoms with Gasteiger partial charge in [0.2, 0.25) is 11.8 Å². The molecule has 0 unspecified atom stereocenters. The number of anilines is 2. The van der Waals surface area contributed by atoms with Gasteiger partial charge in [-0.25, -0.2) is 0 Å². The van der Waals surface area contributed by atoms with E-state index in [0.29, 0.717) is 37.9 Å². The molecule has 0 radical (unpaired) electrons. The minimum absolute atomic E-state index is 0.0163. The molecule has 1 aromatic carbocycles. The number of benzene rings is 1. The van der Waals surface area contributed by atoms with E-state index in [1.807, 2.05) is 9.80 Å². The second kappa shape index (κ2) is 8.83. The number of piperazine rings is 1. The first-order valence-electron chi connectivity index (χ1n) is 8.76. The molecule has 1 aromatic heterocycles. The Balaban J connectivity index is 1.57. The lowest BCUT2D eigenvalue weighted by atomic mass is 10.1. The smallest absolute Gasteiger partial charge is 0.418 e. The molecule has 1 N–H and O–H groups in total. The number of alkyl halides is 3. The van der Waals surface area contributed by atoms with E-state index in [4.69, 9.17) is 16.3 Å². The van der Waals surface area contributed by atoms with Crippen molar-refractivity contribution in [3.8, 4) is 5.88 Å². The predicted octanol–water partition coefficient (Wildman–Crippen LogP) is 2.92. The largest absolute Gasteiger partial charge is 0.480 e. The van der Waals surface area contributed by atoms with Crippen LogP contribution < -0.4 is 15.0 Å². The Hall–Kier alpha value is -2.59. The summed E-state index contributed by atoms with van der Waals surface area (Å²) in [4.78, 5) is 24.5. The highest BCUT2D eigenvalue weighted by Crippen LogP contribution is 2.36. The first-order valence-corrected chi connectivity index (χ1v) is 9.14. The molecule has 11 heteroatoms. The summed E-state index contributed by atoms with van der Waals surface area (Å²) < 4.78 is 44.5. The summed E-state index contributed by atoms with van der Waals surface area (Å²) in [5, 5.41) is 2.29. The van der Waals surface area contributed by atoms with Crippen LogP contribution in [0.3, 0.4) is 0 Å². The Kier molecular flexibility index (Phi) is 6.43. The fraction of sp³-hybridized carbons (Fsp3) is 0.389. The van der Waals surface area contributed by atoms with Crippen molar-refractivity contribution in [3.05, 3.63) is 41.2 Å². The zero-order valence-electron chi connectivity index (χ0n) is 15.5. The number of aromatic nitrogens is 2. The normalized spacial score (nSPS) is 15.3. The Bertz CT molecular complexity index is 873. The molecule has 2 aromatic rings. The predicted molar refractivity (Wildman–Crippen MR) is 102 cm³/mol. The molecule has 0 spiro atoms. The van der Waals surface area contributed by atoms with Crippen LogP contribution in [-0.4, -0.2) is 60.6 Å². The van der Waals surface area contributed by atoms with E-state index >= 15 is 0 Å². The van der Waals surface area contributed by atoms with Gasteiger partial charge in [-0.2, -0.15) is 18.2 Å². The molecule has 0 atom stereocenters. The summed E-state index contributed by atoms with van der Waals surface area (Å²) >= 11 is 5.66. The number of amides is 1. The minimum Gasteiger partial charge on any atom is -0.480 e. The molecule has 0 aliphatic carbocycles. The third kappa shape index (κ3) is 5.48. The zero-order chi connectivity index (χ0) is 21.0. The molecule has 0 bridgehead atoms. The summed E-state index contributed by atoms with van der Waals surface area (Å²) in [5.74, 6) is 0.560. The Morgan fingerprint density at radius 1 is 1.24 bits per heavy atom. The molecule has 1 aliphatic heterocycles. The third-order valence-electron chi connectivity index (χ3n) is 4.43. The van der Waals surface area contributed by atoms with Crippen molar-refractivity contribution in [2.45, 2.75) is 6.18 Å². The number of carbonyl (C=O) groups is 1. The number of methoxy groups -OCH3 is 1. The van der Waals surface area contributed by atoms with Crippen molar-refractivity contribution in [1.82, 2.24) is 14.9 Å². The number of ether oxygens (including phenoxy) is 1. The highest BCUT2D eigenvalue weighted by Gasteiger charge is 2.34. The van der Waals surface area contributed by atoms with E-state index in [9.17, 15) is 18.0 Å².